The maximum atomic E-state index is 12.1. The summed E-state index contributed by atoms with van der Waals surface area (Å²) in [7, 11) is 1.81. The van der Waals surface area contributed by atoms with Crippen molar-refractivity contribution >= 4 is 11.7 Å². The molecule has 2 aromatic heterocycles. The molecule has 0 aromatic carbocycles. The fourth-order valence-corrected chi connectivity index (χ4v) is 2.67. The predicted octanol–water partition coefficient (Wildman–Crippen LogP) is -0.0467. The molecule has 22 heavy (non-hydrogen) atoms. The van der Waals surface area contributed by atoms with E-state index in [4.69, 9.17) is 0 Å². The first-order valence-electron chi connectivity index (χ1n) is 7.32. The highest BCUT2D eigenvalue weighted by atomic mass is 16.3. The molecule has 0 spiro atoms. The number of fused-ring (bicyclic) bond motifs is 1. The molecule has 0 bridgehead atoms. The fraction of sp³-hybridized carbons (Fsp3) is 0.500. The molecule has 0 saturated carbocycles. The van der Waals surface area contributed by atoms with Crippen molar-refractivity contribution in [3.63, 3.8) is 0 Å². The molecule has 3 rings (SSSR count). The van der Waals surface area contributed by atoms with Crippen LogP contribution in [0.4, 0.5) is 5.82 Å². The van der Waals surface area contributed by atoms with E-state index < -0.39 is 0 Å². The Kier molecular flexibility index (Phi) is 4.21. The number of amides is 1. The van der Waals surface area contributed by atoms with Crippen molar-refractivity contribution in [2.75, 3.05) is 18.4 Å². The Morgan fingerprint density at radius 2 is 2.27 bits per heavy atom. The molecule has 2 aromatic rings. The number of rotatable bonds is 4. The minimum atomic E-state index is -0.0750. The quantitative estimate of drug-likeness (QED) is 0.827. The van der Waals surface area contributed by atoms with Crippen LogP contribution in [0.2, 0.25) is 0 Å². The molecule has 3 heterocycles. The van der Waals surface area contributed by atoms with Crippen molar-refractivity contribution in [3.05, 3.63) is 29.7 Å². The number of hydrogen-bond acceptors (Lipinski definition) is 5. The van der Waals surface area contributed by atoms with E-state index in [-0.39, 0.29) is 12.5 Å². The van der Waals surface area contributed by atoms with Crippen molar-refractivity contribution in [2.24, 2.45) is 7.05 Å². The Hall–Kier alpha value is -2.19. The summed E-state index contributed by atoms with van der Waals surface area (Å²) in [6.07, 6.45) is 2.72. The molecule has 1 aliphatic heterocycles. The summed E-state index contributed by atoms with van der Waals surface area (Å²) < 4.78 is 3.57. The minimum Gasteiger partial charge on any atom is -0.390 e. The summed E-state index contributed by atoms with van der Waals surface area (Å²) in [6, 6.07) is 3.66. The Balaban J connectivity index is 1.61. The van der Waals surface area contributed by atoms with Crippen LogP contribution in [-0.2, 0) is 31.5 Å². The number of nitrogens with one attached hydrogen (secondary N) is 1. The van der Waals surface area contributed by atoms with Gasteiger partial charge in [-0.3, -0.25) is 19.1 Å². The van der Waals surface area contributed by atoms with E-state index in [2.05, 4.69) is 20.4 Å². The number of carbonyl (C=O) groups excluding carboxylic acids is 1. The molecule has 1 aliphatic rings. The number of nitrogens with zero attached hydrogens (tertiary/aromatic N) is 5. The summed E-state index contributed by atoms with van der Waals surface area (Å²) in [5, 5.41) is 20.4. The summed E-state index contributed by atoms with van der Waals surface area (Å²) >= 11 is 0. The van der Waals surface area contributed by atoms with Gasteiger partial charge < -0.3 is 10.4 Å². The predicted molar refractivity (Wildman–Crippen MR) is 79.9 cm³/mol. The second-order valence-electron chi connectivity index (χ2n) is 5.50. The van der Waals surface area contributed by atoms with Gasteiger partial charge in [-0.15, -0.1) is 0 Å². The standard InChI is InChI=1S/C14H20N6O2/c1-18-6-3-13(17-18)15-14(22)9-19-4-2-5-20-12(8-19)7-11(10-21)16-20/h3,6-7,21H,2,4-5,8-10H2,1H3,(H,15,17,22). The Morgan fingerprint density at radius 1 is 1.41 bits per heavy atom. The summed E-state index contributed by atoms with van der Waals surface area (Å²) in [4.78, 5) is 14.2. The molecule has 118 valence electrons. The summed E-state index contributed by atoms with van der Waals surface area (Å²) in [6.45, 7) is 2.57. The van der Waals surface area contributed by atoms with Gasteiger partial charge in [0, 0.05) is 38.9 Å². The van der Waals surface area contributed by atoms with Crippen LogP contribution < -0.4 is 5.32 Å². The van der Waals surface area contributed by atoms with Gasteiger partial charge in [-0.05, 0) is 12.5 Å². The van der Waals surface area contributed by atoms with E-state index in [1.165, 1.54) is 0 Å². The normalized spacial score (nSPS) is 15.4. The first kappa shape index (κ1) is 14.7. The first-order valence-corrected chi connectivity index (χ1v) is 7.32. The number of anilines is 1. The number of aliphatic hydroxyl groups is 1. The average molecular weight is 304 g/mol. The van der Waals surface area contributed by atoms with E-state index >= 15 is 0 Å². The van der Waals surface area contributed by atoms with Crippen molar-refractivity contribution in [1.29, 1.82) is 0 Å². The van der Waals surface area contributed by atoms with Crippen molar-refractivity contribution < 1.29 is 9.90 Å². The van der Waals surface area contributed by atoms with Crippen molar-refractivity contribution in [2.45, 2.75) is 26.1 Å². The number of aromatic nitrogens is 4. The van der Waals surface area contributed by atoms with E-state index in [0.29, 0.717) is 24.6 Å². The Labute approximate surface area is 128 Å². The molecule has 0 fully saturated rings. The monoisotopic (exact) mass is 304 g/mol. The largest absolute Gasteiger partial charge is 0.390 e. The average Bonchev–Trinajstić information content (AvgIpc) is 3.00. The van der Waals surface area contributed by atoms with Crippen molar-refractivity contribution in [1.82, 2.24) is 24.5 Å². The lowest BCUT2D eigenvalue weighted by Gasteiger charge is -2.18. The van der Waals surface area contributed by atoms with Crippen LogP contribution in [0.5, 0.6) is 0 Å². The molecule has 2 N–H and O–H groups in total. The second kappa shape index (κ2) is 6.29. The Morgan fingerprint density at radius 3 is 3.00 bits per heavy atom. The number of carbonyl (C=O) groups is 1. The van der Waals surface area contributed by atoms with Crippen LogP contribution in [0.1, 0.15) is 17.8 Å². The maximum Gasteiger partial charge on any atom is 0.239 e. The highest BCUT2D eigenvalue weighted by Crippen LogP contribution is 2.14. The van der Waals surface area contributed by atoms with Crippen LogP contribution in [-0.4, -0.2) is 48.6 Å². The van der Waals surface area contributed by atoms with Gasteiger partial charge in [0.05, 0.1) is 24.5 Å². The second-order valence-corrected chi connectivity index (χ2v) is 5.50. The van der Waals surface area contributed by atoms with E-state index in [9.17, 15) is 9.90 Å². The van der Waals surface area contributed by atoms with Gasteiger partial charge >= 0.3 is 0 Å². The van der Waals surface area contributed by atoms with Gasteiger partial charge in [0.1, 0.15) is 0 Å². The molecular formula is C14H20N6O2. The molecule has 8 nitrogen and oxygen atoms in total. The van der Waals surface area contributed by atoms with Crippen LogP contribution in [0.25, 0.3) is 0 Å². The zero-order valence-corrected chi connectivity index (χ0v) is 12.6. The number of hydrogen-bond donors (Lipinski definition) is 2. The topological polar surface area (TPSA) is 88.2 Å². The first-order chi connectivity index (χ1) is 10.6. The van der Waals surface area contributed by atoms with Gasteiger partial charge in [-0.25, -0.2) is 0 Å². The maximum absolute atomic E-state index is 12.1. The number of aliphatic hydroxyl groups excluding tert-OH is 1. The molecule has 0 unspecified atom stereocenters. The van der Waals surface area contributed by atoms with E-state index in [1.54, 1.807) is 16.9 Å². The van der Waals surface area contributed by atoms with Crippen LogP contribution in [0.15, 0.2) is 18.3 Å². The molecular weight excluding hydrogens is 284 g/mol. The van der Waals surface area contributed by atoms with E-state index in [0.717, 1.165) is 25.2 Å². The molecule has 1 amide bonds. The molecule has 0 radical (unpaired) electrons. The zero-order chi connectivity index (χ0) is 15.5. The van der Waals surface area contributed by atoms with E-state index in [1.807, 2.05) is 17.8 Å². The third-order valence-electron chi connectivity index (χ3n) is 3.65. The van der Waals surface area contributed by atoms with Crippen LogP contribution in [0.3, 0.4) is 0 Å². The molecule has 0 atom stereocenters. The smallest absolute Gasteiger partial charge is 0.239 e. The van der Waals surface area contributed by atoms with Gasteiger partial charge in [0.25, 0.3) is 0 Å². The van der Waals surface area contributed by atoms with Gasteiger partial charge in [0.15, 0.2) is 5.82 Å². The lowest BCUT2D eigenvalue weighted by Crippen LogP contribution is -2.33. The third-order valence-corrected chi connectivity index (χ3v) is 3.65. The SMILES string of the molecule is Cn1ccc(NC(=O)CN2CCCn3nc(CO)cc3C2)n1. The van der Waals surface area contributed by atoms with Gasteiger partial charge in [-0.1, -0.05) is 0 Å². The lowest BCUT2D eigenvalue weighted by atomic mass is 10.3. The highest BCUT2D eigenvalue weighted by molar-refractivity contribution is 5.91. The van der Waals surface area contributed by atoms with Crippen molar-refractivity contribution in [3.8, 4) is 0 Å². The summed E-state index contributed by atoms with van der Waals surface area (Å²) in [5.74, 6) is 0.490. The molecule has 0 aliphatic carbocycles. The minimum absolute atomic E-state index is 0.0554. The van der Waals surface area contributed by atoms with Crippen LogP contribution >= 0.6 is 0 Å². The Bertz CT molecular complexity index is 662. The zero-order valence-electron chi connectivity index (χ0n) is 12.6. The van der Waals surface area contributed by atoms with Gasteiger partial charge in [-0.2, -0.15) is 10.2 Å². The molecule has 0 saturated heterocycles. The summed E-state index contributed by atoms with van der Waals surface area (Å²) in [5.41, 5.74) is 1.71. The molecule has 8 heteroatoms. The third kappa shape index (κ3) is 3.34. The lowest BCUT2D eigenvalue weighted by molar-refractivity contribution is -0.117. The number of aryl methyl sites for hydroxylation is 2. The van der Waals surface area contributed by atoms with Crippen LogP contribution in [0, 0.1) is 0 Å². The van der Waals surface area contributed by atoms with Gasteiger partial charge in [0.2, 0.25) is 5.91 Å². The highest BCUT2D eigenvalue weighted by Gasteiger charge is 2.18. The fourth-order valence-electron chi connectivity index (χ4n) is 2.67.